The molecule has 1 aromatic carbocycles. The zero-order chi connectivity index (χ0) is 13.0. The summed E-state index contributed by atoms with van der Waals surface area (Å²) in [5.41, 5.74) is 0. The second-order valence-electron chi connectivity index (χ2n) is 4.58. The van der Waals surface area contributed by atoms with Crippen molar-refractivity contribution in [2.75, 3.05) is 0 Å². The van der Waals surface area contributed by atoms with Crippen molar-refractivity contribution < 1.29 is 8.42 Å². The lowest BCUT2D eigenvalue weighted by Gasteiger charge is -2.16. The highest BCUT2D eigenvalue weighted by molar-refractivity contribution is 7.90. The summed E-state index contributed by atoms with van der Waals surface area (Å²) in [6, 6.07) is 6.08. The van der Waals surface area contributed by atoms with E-state index < -0.39 is 10.0 Å². The molecule has 0 aliphatic heterocycles. The highest BCUT2D eigenvalue weighted by atomic mass is 35.5. The number of hydrogen-bond donors (Lipinski definition) is 0. The highest BCUT2D eigenvalue weighted by Gasteiger charge is 2.15. The van der Waals surface area contributed by atoms with Crippen molar-refractivity contribution in [3.63, 3.8) is 0 Å². The molecule has 0 heterocycles. The van der Waals surface area contributed by atoms with Crippen molar-refractivity contribution in [2.45, 2.75) is 37.0 Å². The first kappa shape index (κ1) is 13.6. The standard InChI is InChI=1S/C13H16ClNO2S/c14-12-6-8-13(9-7-12)18(16,17)15-10-11-4-2-1-3-5-11/h6-11H,1-5H2/b15-10+. The zero-order valence-electron chi connectivity index (χ0n) is 10.0. The largest absolute Gasteiger partial charge is 0.281 e. The molecule has 2 rings (SSSR count). The molecule has 0 amide bonds. The van der Waals surface area contributed by atoms with Crippen LogP contribution >= 0.6 is 11.6 Å². The molecule has 0 bridgehead atoms. The molecule has 1 saturated carbocycles. The fraction of sp³-hybridized carbons (Fsp3) is 0.462. The molecule has 1 fully saturated rings. The third kappa shape index (κ3) is 3.56. The van der Waals surface area contributed by atoms with Crippen LogP contribution in [-0.2, 0) is 10.0 Å². The van der Waals surface area contributed by atoms with Crippen molar-refractivity contribution in [3.05, 3.63) is 29.3 Å². The van der Waals surface area contributed by atoms with Gasteiger partial charge in [0.05, 0.1) is 4.90 Å². The summed E-state index contributed by atoms with van der Waals surface area (Å²) in [5, 5.41) is 0.519. The maximum atomic E-state index is 11.9. The van der Waals surface area contributed by atoms with Gasteiger partial charge in [-0.1, -0.05) is 30.9 Å². The van der Waals surface area contributed by atoms with Crippen molar-refractivity contribution in [1.82, 2.24) is 0 Å². The number of rotatable bonds is 3. The van der Waals surface area contributed by atoms with Crippen LogP contribution in [0.25, 0.3) is 0 Å². The molecule has 0 unspecified atom stereocenters. The molecular formula is C13H16ClNO2S. The van der Waals surface area contributed by atoms with Crippen molar-refractivity contribution in [3.8, 4) is 0 Å². The van der Waals surface area contributed by atoms with Crippen LogP contribution < -0.4 is 0 Å². The Hall–Kier alpha value is -0.870. The van der Waals surface area contributed by atoms with Gasteiger partial charge in [0.2, 0.25) is 0 Å². The van der Waals surface area contributed by atoms with E-state index in [1.807, 2.05) is 0 Å². The summed E-state index contributed by atoms with van der Waals surface area (Å²) in [5.74, 6) is 0.306. The van der Waals surface area contributed by atoms with Gasteiger partial charge in [0.25, 0.3) is 10.0 Å². The number of benzene rings is 1. The Morgan fingerprint density at radius 2 is 1.72 bits per heavy atom. The Morgan fingerprint density at radius 1 is 1.11 bits per heavy atom. The Balaban J connectivity index is 2.11. The molecule has 1 aliphatic carbocycles. The van der Waals surface area contributed by atoms with E-state index in [0.29, 0.717) is 10.9 Å². The molecule has 0 radical (unpaired) electrons. The molecule has 0 N–H and O–H groups in total. The molecule has 0 atom stereocenters. The van der Waals surface area contributed by atoms with Gasteiger partial charge < -0.3 is 0 Å². The quantitative estimate of drug-likeness (QED) is 0.795. The van der Waals surface area contributed by atoms with Crippen LogP contribution in [0.4, 0.5) is 0 Å². The number of sulfonamides is 1. The average Bonchev–Trinajstić information content (AvgIpc) is 2.38. The Kier molecular flexibility index (Phi) is 4.40. The lowest BCUT2D eigenvalue weighted by molar-refractivity contribution is 0.445. The monoisotopic (exact) mass is 285 g/mol. The Morgan fingerprint density at radius 3 is 2.33 bits per heavy atom. The molecular weight excluding hydrogens is 270 g/mol. The van der Waals surface area contributed by atoms with E-state index in [4.69, 9.17) is 11.6 Å². The van der Waals surface area contributed by atoms with Crippen LogP contribution in [0, 0.1) is 5.92 Å². The predicted octanol–water partition coefficient (Wildman–Crippen LogP) is 3.68. The van der Waals surface area contributed by atoms with Gasteiger partial charge in [-0.25, -0.2) is 0 Å². The molecule has 1 aromatic rings. The van der Waals surface area contributed by atoms with Crippen LogP contribution in [0.3, 0.4) is 0 Å². The minimum Gasteiger partial charge on any atom is -0.199 e. The van der Waals surface area contributed by atoms with Crippen molar-refractivity contribution >= 4 is 27.8 Å². The number of hydrogen-bond acceptors (Lipinski definition) is 2. The van der Waals surface area contributed by atoms with E-state index in [-0.39, 0.29) is 4.90 Å². The summed E-state index contributed by atoms with van der Waals surface area (Å²) in [6.45, 7) is 0. The molecule has 1 aliphatic rings. The first-order valence-corrected chi connectivity index (χ1v) is 7.96. The van der Waals surface area contributed by atoms with E-state index >= 15 is 0 Å². The van der Waals surface area contributed by atoms with Gasteiger partial charge in [-0.2, -0.15) is 12.8 Å². The SMILES string of the molecule is O=S(=O)(/N=C/C1CCCCC1)c1ccc(Cl)cc1. The molecule has 0 aromatic heterocycles. The fourth-order valence-corrected chi connectivity index (χ4v) is 3.18. The molecule has 18 heavy (non-hydrogen) atoms. The minimum absolute atomic E-state index is 0.193. The third-order valence-electron chi connectivity index (χ3n) is 3.17. The van der Waals surface area contributed by atoms with Crippen LogP contribution in [-0.4, -0.2) is 14.6 Å². The lowest BCUT2D eigenvalue weighted by Crippen LogP contribution is -2.09. The second kappa shape index (κ2) is 5.85. The molecule has 0 saturated heterocycles. The van der Waals surface area contributed by atoms with E-state index in [9.17, 15) is 8.42 Å². The fourth-order valence-electron chi connectivity index (χ4n) is 2.12. The van der Waals surface area contributed by atoms with Crippen LogP contribution in [0.15, 0.2) is 33.6 Å². The van der Waals surface area contributed by atoms with Gasteiger partial charge in [0, 0.05) is 11.2 Å². The average molecular weight is 286 g/mol. The first-order valence-electron chi connectivity index (χ1n) is 6.14. The van der Waals surface area contributed by atoms with Crippen LogP contribution in [0.2, 0.25) is 5.02 Å². The minimum atomic E-state index is -3.57. The van der Waals surface area contributed by atoms with Crippen LogP contribution in [0.1, 0.15) is 32.1 Å². The van der Waals surface area contributed by atoms with Crippen LogP contribution in [0.5, 0.6) is 0 Å². The number of nitrogens with zero attached hydrogens (tertiary/aromatic N) is 1. The van der Waals surface area contributed by atoms with Gasteiger partial charge in [-0.15, -0.1) is 0 Å². The maximum absolute atomic E-state index is 11.9. The predicted molar refractivity (Wildman–Crippen MR) is 73.7 cm³/mol. The highest BCUT2D eigenvalue weighted by Crippen LogP contribution is 2.23. The smallest absolute Gasteiger partial charge is 0.199 e. The summed E-state index contributed by atoms with van der Waals surface area (Å²) in [7, 11) is -3.57. The lowest BCUT2D eigenvalue weighted by atomic mass is 9.90. The third-order valence-corrected chi connectivity index (χ3v) is 4.69. The second-order valence-corrected chi connectivity index (χ2v) is 6.65. The molecule has 3 nitrogen and oxygen atoms in total. The Labute approximate surface area is 113 Å². The summed E-state index contributed by atoms with van der Waals surface area (Å²) >= 11 is 5.73. The van der Waals surface area contributed by atoms with Crippen molar-refractivity contribution in [1.29, 1.82) is 0 Å². The normalized spacial score (nSPS) is 18.3. The summed E-state index contributed by atoms with van der Waals surface area (Å²) in [6.07, 6.45) is 7.26. The van der Waals surface area contributed by atoms with E-state index in [0.717, 1.165) is 25.7 Å². The van der Waals surface area contributed by atoms with E-state index in [1.165, 1.54) is 18.6 Å². The molecule has 98 valence electrons. The van der Waals surface area contributed by atoms with Gasteiger partial charge >= 0.3 is 0 Å². The maximum Gasteiger partial charge on any atom is 0.281 e. The topological polar surface area (TPSA) is 46.5 Å². The molecule has 5 heteroatoms. The summed E-state index contributed by atoms with van der Waals surface area (Å²) in [4.78, 5) is 0.193. The Bertz CT molecular complexity index is 516. The van der Waals surface area contributed by atoms with Gasteiger partial charge in [-0.05, 0) is 43.0 Å². The zero-order valence-corrected chi connectivity index (χ0v) is 11.6. The van der Waals surface area contributed by atoms with Gasteiger partial charge in [-0.3, -0.25) is 0 Å². The van der Waals surface area contributed by atoms with Gasteiger partial charge in [0.15, 0.2) is 0 Å². The first-order chi connectivity index (χ1) is 8.58. The molecule has 0 spiro atoms. The number of halogens is 1. The van der Waals surface area contributed by atoms with Gasteiger partial charge in [0.1, 0.15) is 0 Å². The van der Waals surface area contributed by atoms with E-state index in [1.54, 1.807) is 18.3 Å². The van der Waals surface area contributed by atoms with E-state index in [2.05, 4.69) is 4.40 Å². The van der Waals surface area contributed by atoms with Crippen molar-refractivity contribution in [2.24, 2.45) is 10.3 Å². The summed E-state index contributed by atoms with van der Waals surface area (Å²) < 4.78 is 27.7.